The molecular weight excluding hydrogens is 352 g/mol. The second-order valence-electron chi connectivity index (χ2n) is 5.21. The number of aryl methyl sites for hydroxylation is 1. The number of carbonyl (C=O) groups is 2. The number of nitrogens with one attached hydrogen (secondary N) is 1. The summed E-state index contributed by atoms with van der Waals surface area (Å²) in [4.78, 5) is 24.5. The summed E-state index contributed by atoms with van der Waals surface area (Å²) in [6.07, 6.45) is 0. The largest absolute Gasteiger partial charge is 0.482 e. The summed E-state index contributed by atoms with van der Waals surface area (Å²) >= 11 is 1.32. The number of benzene rings is 2. The van der Waals surface area contributed by atoms with Gasteiger partial charge in [-0.1, -0.05) is 30.3 Å². The van der Waals surface area contributed by atoms with Gasteiger partial charge >= 0.3 is 5.97 Å². The van der Waals surface area contributed by atoms with Crippen LogP contribution in [0.1, 0.15) is 5.56 Å². The number of anilines is 1. The number of carbonyl (C=O) groups excluding carboxylic acids is 2. The number of rotatable bonds is 8. The van der Waals surface area contributed by atoms with Crippen molar-refractivity contribution in [2.24, 2.45) is 0 Å². The van der Waals surface area contributed by atoms with Crippen LogP contribution in [0, 0.1) is 18.3 Å². The maximum Gasteiger partial charge on any atom is 0.344 e. The molecule has 2 aromatic carbocycles. The molecule has 0 atom stereocenters. The Morgan fingerprint density at radius 1 is 1.12 bits per heavy atom. The summed E-state index contributed by atoms with van der Waals surface area (Å²) < 4.78 is 10.3. The van der Waals surface area contributed by atoms with E-state index in [4.69, 9.17) is 14.7 Å². The van der Waals surface area contributed by atoms with Gasteiger partial charge in [-0.3, -0.25) is 4.79 Å². The Hall–Kier alpha value is -2.98. The number of hydrogen-bond donors (Lipinski definition) is 1. The fourth-order valence-corrected chi connectivity index (χ4v) is 2.70. The molecule has 0 aliphatic heterocycles. The number of thioether (sulfide) groups is 1. The number of ether oxygens (including phenoxy) is 2. The lowest BCUT2D eigenvalue weighted by atomic mass is 10.2. The van der Waals surface area contributed by atoms with E-state index in [0.717, 1.165) is 10.5 Å². The van der Waals surface area contributed by atoms with Gasteiger partial charge in [0.25, 0.3) is 5.91 Å². The SMILES string of the molecule is Cc1ccccc1OCC(=O)OCC(=O)Nc1ccccc1SCC#N. The van der Waals surface area contributed by atoms with Gasteiger partial charge in [0.1, 0.15) is 5.75 Å². The lowest BCUT2D eigenvalue weighted by Gasteiger charge is -2.11. The minimum atomic E-state index is -0.629. The Bertz CT molecular complexity index is 817. The first kappa shape index (κ1) is 19.3. The van der Waals surface area contributed by atoms with Crippen LogP contribution in [0.15, 0.2) is 53.4 Å². The Kier molecular flexibility index (Phi) is 7.52. The average molecular weight is 370 g/mol. The Morgan fingerprint density at radius 2 is 1.85 bits per heavy atom. The molecule has 0 spiro atoms. The van der Waals surface area contributed by atoms with Gasteiger partial charge in [0, 0.05) is 4.90 Å². The molecule has 0 fully saturated rings. The fourth-order valence-electron chi connectivity index (χ4n) is 2.03. The van der Waals surface area contributed by atoms with Crippen LogP contribution in [0.3, 0.4) is 0 Å². The van der Waals surface area contributed by atoms with Crippen molar-refractivity contribution in [2.75, 3.05) is 24.3 Å². The molecule has 0 aromatic heterocycles. The van der Waals surface area contributed by atoms with Gasteiger partial charge in [0.05, 0.1) is 17.5 Å². The molecule has 1 amide bonds. The molecule has 134 valence electrons. The van der Waals surface area contributed by atoms with Gasteiger partial charge in [0.2, 0.25) is 0 Å². The number of nitrogens with zero attached hydrogens (tertiary/aromatic N) is 1. The number of nitriles is 1. The van der Waals surface area contributed by atoms with Crippen LogP contribution in [0.5, 0.6) is 5.75 Å². The maximum atomic E-state index is 12.0. The zero-order valence-corrected chi connectivity index (χ0v) is 15.0. The third-order valence-corrected chi connectivity index (χ3v) is 4.20. The molecule has 0 aliphatic rings. The van der Waals surface area contributed by atoms with E-state index in [1.54, 1.807) is 24.3 Å². The first-order valence-electron chi connectivity index (χ1n) is 7.83. The molecule has 1 N–H and O–H groups in total. The summed E-state index contributed by atoms with van der Waals surface area (Å²) in [5.41, 5.74) is 1.48. The van der Waals surface area contributed by atoms with E-state index in [0.29, 0.717) is 11.4 Å². The third kappa shape index (κ3) is 6.15. The second kappa shape index (κ2) is 10.1. The van der Waals surface area contributed by atoms with Gasteiger partial charge < -0.3 is 14.8 Å². The van der Waals surface area contributed by atoms with Crippen LogP contribution in [0.4, 0.5) is 5.69 Å². The highest BCUT2D eigenvalue weighted by Crippen LogP contribution is 2.26. The number of amides is 1. The van der Waals surface area contributed by atoms with Gasteiger partial charge in [-0.15, -0.1) is 11.8 Å². The van der Waals surface area contributed by atoms with Crippen LogP contribution in [-0.4, -0.2) is 30.8 Å². The standard InChI is InChI=1S/C19H18N2O4S/c1-14-6-2-4-8-16(14)24-13-19(23)25-12-18(22)21-15-7-3-5-9-17(15)26-11-10-20/h2-9H,11-13H2,1H3,(H,21,22). The van der Waals surface area contributed by atoms with Gasteiger partial charge in [-0.05, 0) is 30.7 Å². The Labute approximate surface area is 156 Å². The topological polar surface area (TPSA) is 88.4 Å². The van der Waals surface area contributed by atoms with Crippen LogP contribution in [0.25, 0.3) is 0 Å². The van der Waals surface area contributed by atoms with Crippen molar-refractivity contribution < 1.29 is 19.1 Å². The van der Waals surface area contributed by atoms with E-state index < -0.39 is 18.5 Å². The third-order valence-electron chi connectivity index (χ3n) is 3.26. The van der Waals surface area contributed by atoms with E-state index in [2.05, 4.69) is 5.32 Å². The molecule has 0 bridgehead atoms. The summed E-state index contributed by atoms with van der Waals surface area (Å²) in [6.45, 7) is 1.19. The number of esters is 1. The van der Waals surface area contributed by atoms with Crippen LogP contribution in [-0.2, 0) is 14.3 Å². The van der Waals surface area contributed by atoms with Gasteiger partial charge in [-0.2, -0.15) is 5.26 Å². The van der Waals surface area contributed by atoms with Crippen LogP contribution < -0.4 is 10.1 Å². The smallest absolute Gasteiger partial charge is 0.344 e. The van der Waals surface area contributed by atoms with E-state index in [1.165, 1.54) is 11.8 Å². The molecule has 6 nitrogen and oxygen atoms in total. The normalized spacial score (nSPS) is 9.85. The molecule has 0 aliphatic carbocycles. The molecule has 0 radical (unpaired) electrons. The van der Waals surface area contributed by atoms with Crippen molar-refractivity contribution in [2.45, 2.75) is 11.8 Å². The van der Waals surface area contributed by atoms with Crippen molar-refractivity contribution in [3.63, 3.8) is 0 Å². The molecular formula is C19H18N2O4S. The summed E-state index contributed by atoms with van der Waals surface area (Å²) in [5, 5.41) is 11.3. The summed E-state index contributed by atoms with van der Waals surface area (Å²) in [7, 11) is 0. The molecule has 26 heavy (non-hydrogen) atoms. The van der Waals surface area contributed by atoms with Crippen molar-refractivity contribution >= 4 is 29.3 Å². The van der Waals surface area contributed by atoms with Crippen molar-refractivity contribution in [1.29, 1.82) is 5.26 Å². The lowest BCUT2D eigenvalue weighted by molar-refractivity contribution is -0.149. The van der Waals surface area contributed by atoms with E-state index >= 15 is 0 Å². The molecule has 7 heteroatoms. The highest BCUT2D eigenvalue weighted by molar-refractivity contribution is 7.99. The fraction of sp³-hybridized carbons (Fsp3) is 0.211. The molecule has 2 aromatic rings. The average Bonchev–Trinajstić information content (AvgIpc) is 2.65. The van der Waals surface area contributed by atoms with Crippen molar-refractivity contribution in [1.82, 2.24) is 0 Å². The first-order chi connectivity index (χ1) is 12.6. The van der Waals surface area contributed by atoms with Crippen molar-refractivity contribution in [3.8, 4) is 11.8 Å². The minimum absolute atomic E-state index is 0.271. The highest BCUT2D eigenvalue weighted by atomic mass is 32.2. The molecule has 0 heterocycles. The molecule has 0 saturated carbocycles. The van der Waals surface area contributed by atoms with E-state index in [1.807, 2.05) is 37.3 Å². The summed E-state index contributed by atoms with van der Waals surface area (Å²) in [5.74, 6) is -0.217. The Balaban J connectivity index is 1.79. The maximum absolute atomic E-state index is 12.0. The summed E-state index contributed by atoms with van der Waals surface area (Å²) in [6, 6.07) is 16.5. The Morgan fingerprint density at radius 3 is 2.62 bits per heavy atom. The minimum Gasteiger partial charge on any atom is -0.482 e. The van der Waals surface area contributed by atoms with Crippen LogP contribution in [0.2, 0.25) is 0 Å². The molecule has 0 unspecified atom stereocenters. The monoisotopic (exact) mass is 370 g/mol. The quantitative estimate of drug-likeness (QED) is 0.567. The molecule has 0 saturated heterocycles. The van der Waals surface area contributed by atoms with E-state index in [9.17, 15) is 9.59 Å². The van der Waals surface area contributed by atoms with Crippen LogP contribution >= 0.6 is 11.8 Å². The lowest BCUT2D eigenvalue weighted by Crippen LogP contribution is -2.24. The van der Waals surface area contributed by atoms with Gasteiger partial charge in [0.15, 0.2) is 13.2 Å². The first-order valence-corrected chi connectivity index (χ1v) is 8.81. The van der Waals surface area contributed by atoms with Gasteiger partial charge in [-0.25, -0.2) is 4.79 Å². The predicted octanol–water partition coefficient (Wildman–Crippen LogP) is 3.17. The van der Waals surface area contributed by atoms with Crippen molar-refractivity contribution in [3.05, 3.63) is 54.1 Å². The number of hydrogen-bond acceptors (Lipinski definition) is 6. The molecule has 2 rings (SSSR count). The number of para-hydroxylation sites is 2. The second-order valence-corrected chi connectivity index (χ2v) is 6.22. The zero-order chi connectivity index (χ0) is 18.8. The zero-order valence-electron chi connectivity index (χ0n) is 14.2. The predicted molar refractivity (Wildman–Crippen MR) is 99.0 cm³/mol. The van der Waals surface area contributed by atoms with E-state index in [-0.39, 0.29) is 12.4 Å². The highest BCUT2D eigenvalue weighted by Gasteiger charge is 2.11.